The van der Waals surface area contributed by atoms with Gasteiger partial charge in [0.05, 0.1) is 11.3 Å². The van der Waals surface area contributed by atoms with E-state index in [-0.39, 0.29) is 43.6 Å². The van der Waals surface area contributed by atoms with Crippen molar-refractivity contribution in [3.8, 4) is 5.75 Å². The molecule has 3 aliphatic rings. The standard InChI is InChI=1S/C28H41F3N4O5Si/c1-18-25(36)34(17-38-12-13-41(5,6)7)32-24-16-39-23-15-21(28(29,30)31)20(14-22(23)35(18)24)19-8-10-33(11-9-19)26(37)40-27(2,3)4/h14-15,18-19H,8-13,16-17H2,1-7H3. The number of likely N-dealkylation sites (tertiary alicyclic amines) is 1. The van der Waals surface area contributed by atoms with Crippen LogP contribution in [0.3, 0.4) is 0 Å². The van der Waals surface area contributed by atoms with Crippen LogP contribution < -0.4 is 9.64 Å². The second-order valence-electron chi connectivity index (χ2n) is 13.1. The lowest BCUT2D eigenvalue weighted by Crippen LogP contribution is -2.57. The van der Waals surface area contributed by atoms with E-state index in [0.717, 1.165) is 12.1 Å². The number of anilines is 1. The summed E-state index contributed by atoms with van der Waals surface area (Å²) in [4.78, 5) is 28.9. The van der Waals surface area contributed by atoms with Crippen LogP contribution in [0.25, 0.3) is 0 Å². The van der Waals surface area contributed by atoms with Crippen LogP contribution in [0.1, 0.15) is 57.6 Å². The fraction of sp³-hybridized carbons (Fsp3) is 0.679. The fourth-order valence-electron chi connectivity index (χ4n) is 5.17. The van der Waals surface area contributed by atoms with E-state index in [1.165, 1.54) is 16.0 Å². The number of hydrogen-bond acceptors (Lipinski definition) is 7. The number of amides is 2. The number of carbonyl (C=O) groups excluding carboxylic acids is 2. The largest absolute Gasteiger partial charge is 0.483 e. The SMILES string of the molecule is CC1C(=O)N(COCC[Si](C)(C)C)N=C2COc3cc(C(F)(F)F)c(C4CCN(C(=O)OC(C)(C)C)CC4)cc3N21. The molecule has 1 aromatic carbocycles. The molecular weight excluding hydrogens is 557 g/mol. The smallest absolute Gasteiger partial charge is 0.416 e. The van der Waals surface area contributed by atoms with Crippen molar-refractivity contribution < 1.29 is 37.0 Å². The number of halogens is 3. The number of piperidine rings is 1. The Hall–Kier alpha value is -2.80. The zero-order valence-corrected chi connectivity index (χ0v) is 25.9. The highest BCUT2D eigenvalue weighted by atomic mass is 28.3. The maximum Gasteiger partial charge on any atom is 0.416 e. The normalized spacial score (nSPS) is 20.3. The summed E-state index contributed by atoms with van der Waals surface area (Å²) >= 11 is 0. The Kier molecular flexibility index (Phi) is 8.71. The van der Waals surface area contributed by atoms with Crippen LogP contribution in [-0.2, 0) is 20.4 Å². The lowest BCUT2D eigenvalue weighted by molar-refractivity contribution is -0.139. The lowest BCUT2D eigenvalue weighted by Gasteiger charge is -2.42. The lowest BCUT2D eigenvalue weighted by atomic mass is 9.85. The summed E-state index contributed by atoms with van der Waals surface area (Å²) in [6.45, 7) is 14.8. The number of ether oxygens (including phenoxy) is 3. The predicted octanol–water partition coefficient (Wildman–Crippen LogP) is 5.88. The van der Waals surface area contributed by atoms with Crippen LogP contribution in [0, 0.1) is 0 Å². The van der Waals surface area contributed by atoms with Crippen molar-refractivity contribution in [1.82, 2.24) is 9.91 Å². The summed E-state index contributed by atoms with van der Waals surface area (Å²) in [7, 11) is -1.30. The third-order valence-corrected chi connectivity index (χ3v) is 9.07. The number of fused-ring (bicyclic) bond motifs is 3. The molecule has 0 bridgehead atoms. The molecule has 41 heavy (non-hydrogen) atoms. The van der Waals surface area contributed by atoms with Gasteiger partial charge in [0.1, 0.15) is 30.7 Å². The summed E-state index contributed by atoms with van der Waals surface area (Å²) in [5.74, 6) is -0.249. The zero-order valence-electron chi connectivity index (χ0n) is 24.9. The Morgan fingerprint density at radius 2 is 1.80 bits per heavy atom. The van der Waals surface area contributed by atoms with Crippen molar-refractivity contribution in [2.45, 2.75) is 90.0 Å². The van der Waals surface area contributed by atoms with Crippen molar-refractivity contribution in [3.63, 3.8) is 0 Å². The van der Waals surface area contributed by atoms with Gasteiger partial charge in [0.25, 0.3) is 5.91 Å². The van der Waals surface area contributed by atoms with E-state index in [2.05, 4.69) is 24.7 Å². The van der Waals surface area contributed by atoms with E-state index in [0.29, 0.717) is 31.0 Å². The average molecular weight is 599 g/mol. The first-order chi connectivity index (χ1) is 18.9. The van der Waals surface area contributed by atoms with E-state index in [1.807, 2.05) is 0 Å². The van der Waals surface area contributed by atoms with E-state index in [9.17, 15) is 22.8 Å². The van der Waals surface area contributed by atoms with Gasteiger partial charge in [-0.15, -0.1) is 0 Å². The summed E-state index contributed by atoms with van der Waals surface area (Å²) < 4.78 is 59.7. The topological polar surface area (TPSA) is 83.9 Å². The molecule has 0 saturated carbocycles. The van der Waals surface area contributed by atoms with Gasteiger partial charge >= 0.3 is 12.3 Å². The van der Waals surface area contributed by atoms with E-state index < -0.39 is 43.5 Å². The molecule has 0 N–H and O–H groups in total. The van der Waals surface area contributed by atoms with Gasteiger partial charge in [0, 0.05) is 27.8 Å². The molecule has 4 rings (SSSR count). The highest BCUT2D eigenvalue weighted by molar-refractivity contribution is 6.76. The average Bonchev–Trinajstić information content (AvgIpc) is 2.86. The van der Waals surface area contributed by atoms with E-state index in [4.69, 9.17) is 14.2 Å². The molecule has 0 radical (unpaired) electrons. The monoisotopic (exact) mass is 598 g/mol. The molecule has 1 unspecified atom stereocenters. The molecule has 1 saturated heterocycles. The second-order valence-corrected chi connectivity index (χ2v) is 18.7. The van der Waals surface area contributed by atoms with Crippen LogP contribution in [0.15, 0.2) is 17.2 Å². The minimum atomic E-state index is -4.60. The molecular formula is C28H41F3N4O5Si. The van der Waals surface area contributed by atoms with Crippen molar-refractivity contribution in [2.24, 2.45) is 5.10 Å². The van der Waals surface area contributed by atoms with E-state index in [1.54, 1.807) is 32.6 Å². The first-order valence-corrected chi connectivity index (χ1v) is 17.8. The van der Waals surface area contributed by atoms with E-state index >= 15 is 0 Å². The number of hydrazone groups is 1. The van der Waals surface area contributed by atoms with Gasteiger partial charge in [-0.2, -0.15) is 18.3 Å². The molecule has 3 heterocycles. The molecule has 13 heteroatoms. The number of amidine groups is 1. The van der Waals surface area contributed by atoms with Crippen LogP contribution in [-0.4, -0.2) is 80.5 Å². The first kappa shape index (κ1) is 31.1. The molecule has 2 amide bonds. The van der Waals surface area contributed by atoms with Gasteiger partial charge in [-0.3, -0.25) is 4.79 Å². The first-order valence-electron chi connectivity index (χ1n) is 14.1. The van der Waals surface area contributed by atoms with Gasteiger partial charge in [0.2, 0.25) is 0 Å². The highest BCUT2D eigenvalue weighted by Crippen LogP contribution is 2.46. The maximum atomic E-state index is 14.3. The number of alkyl halides is 3. The number of rotatable bonds is 6. The predicted molar refractivity (Wildman–Crippen MR) is 152 cm³/mol. The molecule has 1 aromatic rings. The molecule has 3 aliphatic heterocycles. The van der Waals surface area contributed by atoms with Crippen LogP contribution >= 0.6 is 0 Å². The number of carbonyl (C=O) groups is 2. The third-order valence-electron chi connectivity index (χ3n) is 7.36. The van der Waals surface area contributed by atoms with Gasteiger partial charge in [-0.1, -0.05) is 19.6 Å². The molecule has 1 fully saturated rings. The summed E-state index contributed by atoms with van der Waals surface area (Å²) in [6, 6.07) is 2.77. The summed E-state index contributed by atoms with van der Waals surface area (Å²) in [5, 5.41) is 5.72. The highest BCUT2D eigenvalue weighted by Gasteiger charge is 2.43. The molecule has 228 valence electrons. The van der Waals surface area contributed by atoms with Crippen molar-refractivity contribution >= 4 is 31.6 Å². The minimum Gasteiger partial charge on any atom is -0.483 e. The molecule has 0 aliphatic carbocycles. The molecule has 0 spiro atoms. The van der Waals surface area contributed by atoms with Crippen LogP contribution in [0.2, 0.25) is 25.7 Å². The van der Waals surface area contributed by atoms with Crippen LogP contribution in [0.4, 0.5) is 23.7 Å². The van der Waals surface area contributed by atoms with Gasteiger partial charge in [-0.25, -0.2) is 9.80 Å². The van der Waals surface area contributed by atoms with Gasteiger partial charge in [-0.05, 0) is 70.2 Å². The quantitative estimate of drug-likeness (QED) is 0.301. The fourth-order valence-corrected chi connectivity index (χ4v) is 5.92. The van der Waals surface area contributed by atoms with Crippen molar-refractivity contribution in [1.29, 1.82) is 0 Å². The van der Waals surface area contributed by atoms with Gasteiger partial charge < -0.3 is 24.0 Å². The molecule has 0 aromatic heterocycles. The Bertz CT molecular complexity index is 1190. The zero-order chi connectivity index (χ0) is 30.3. The van der Waals surface area contributed by atoms with Gasteiger partial charge in [0.15, 0.2) is 5.84 Å². The Morgan fingerprint density at radius 1 is 1.15 bits per heavy atom. The number of nitrogens with zero attached hydrogens (tertiary/aromatic N) is 4. The number of benzene rings is 1. The number of hydrogen-bond donors (Lipinski definition) is 0. The third kappa shape index (κ3) is 7.35. The summed E-state index contributed by atoms with van der Waals surface area (Å²) in [5.41, 5.74) is -0.914. The Balaban J connectivity index is 1.57. The second kappa shape index (κ2) is 11.5. The molecule has 9 nitrogen and oxygen atoms in total. The van der Waals surface area contributed by atoms with Crippen LogP contribution in [0.5, 0.6) is 5.75 Å². The molecule has 1 atom stereocenters. The minimum absolute atomic E-state index is 0.00628. The Morgan fingerprint density at radius 3 is 2.39 bits per heavy atom. The maximum absolute atomic E-state index is 14.3. The van der Waals surface area contributed by atoms with Crippen molar-refractivity contribution in [3.05, 3.63) is 23.3 Å². The van der Waals surface area contributed by atoms with Crippen molar-refractivity contribution in [2.75, 3.05) is 37.9 Å². The Labute approximate surface area is 240 Å². The summed E-state index contributed by atoms with van der Waals surface area (Å²) in [6.07, 6.45) is -4.38.